The molecule has 2 fully saturated rings. The van der Waals surface area contributed by atoms with E-state index in [9.17, 15) is 4.79 Å². The standard InChI is InChI=1S/C26H35N3O.C7H8BrN/c1-5-7-21-14-17-29(25(30)6-2)18-24-26(21)23(15-16-27(24)3)28(4)22-12-10-20(11-13-22)19-8-9-19;1-5-3-7(8)9-4-6(5)2/h6-7,10-13,19,24H,2,5,8-9,14-18H2,1,3-4H3;3-4H,1-2H3/b21-7+;. The Morgan fingerprint density at radius 3 is 2.46 bits per heavy atom. The molecular weight excluding hydrogens is 548 g/mol. The molecule has 0 N–H and O–H groups in total. The number of carbonyl (C=O) groups is 1. The van der Waals surface area contributed by atoms with E-state index in [1.165, 1.54) is 58.1 Å². The lowest BCUT2D eigenvalue weighted by atomic mass is 9.89. The van der Waals surface area contributed by atoms with Crippen LogP contribution in [0.2, 0.25) is 0 Å². The molecule has 208 valence electrons. The summed E-state index contributed by atoms with van der Waals surface area (Å²) in [5.41, 5.74) is 9.48. The van der Waals surface area contributed by atoms with E-state index in [-0.39, 0.29) is 11.9 Å². The van der Waals surface area contributed by atoms with Crippen molar-refractivity contribution in [2.75, 3.05) is 38.6 Å². The molecule has 1 amide bonds. The fraction of sp³-hybridized carbons (Fsp3) is 0.455. The number of benzene rings is 1. The van der Waals surface area contributed by atoms with Gasteiger partial charge in [-0.1, -0.05) is 31.7 Å². The van der Waals surface area contributed by atoms with Crippen molar-refractivity contribution >= 4 is 27.5 Å². The summed E-state index contributed by atoms with van der Waals surface area (Å²) in [7, 11) is 4.40. The van der Waals surface area contributed by atoms with Crippen LogP contribution in [0.5, 0.6) is 0 Å². The molecule has 1 aromatic carbocycles. The number of halogens is 1. The Morgan fingerprint density at radius 2 is 1.87 bits per heavy atom. The second-order valence-electron chi connectivity index (χ2n) is 11.0. The number of rotatable bonds is 5. The molecular formula is C33H43BrN4O. The van der Waals surface area contributed by atoms with Crippen molar-refractivity contribution in [1.82, 2.24) is 14.8 Å². The molecule has 39 heavy (non-hydrogen) atoms. The van der Waals surface area contributed by atoms with Crippen molar-refractivity contribution in [3.05, 3.63) is 93.4 Å². The normalized spacial score (nSPS) is 20.6. The Morgan fingerprint density at radius 1 is 1.15 bits per heavy atom. The monoisotopic (exact) mass is 590 g/mol. The molecule has 5 rings (SSSR count). The highest BCUT2D eigenvalue weighted by atomic mass is 79.9. The van der Waals surface area contributed by atoms with Crippen LogP contribution in [0, 0.1) is 13.8 Å². The summed E-state index contributed by atoms with van der Waals surface area (Å²) >= 11 is 3.29. The van der Waals surface area contributed by atoms with Gasteiger partial charge in [-0.3, -0.25) is 9.69 Å². The molecule has 1 saturated heterocycles. The third-order valence-electron chi connectivity index (χ3n) is 8.28. The van der Waals surface area contributed by atoms with E-state index >= 15 is 0 Å². The van der Waals surface area contributed by atoms with Gasteiger partial charge in [0.1, 0.15) is 4.60 Å². The van der Waals surface area contributed by atoms with Crippen LogP contribution in [-0.4, -0.2) is 60.5 Å². The number of hydrogen-bond donors (Lipinski definition) is 0. The van der Waals surface area contributed by atoms with Gasteiger partial charge in [-0.25, -0.2) is 4.98 Å². The van der Waals surface area contributed by atoms with Crippen molar-refractivity contribution in [2.24, 2.45) is 0 Å². The van der Waals surface area contributed by atoms with E-state index in [0.717, 1.165) is 49.4 Å². The van der Waals surface area contributed by atoms with E-state index in [0.29, 0.717) is 0 Å². The Bertz CT molecular complexity index is 1240. The number of aromatic nitrogens is 1. The summed E-state index contributed by atoms with van der Waals surface area (Å²) in [6.45, 7) is 12.5. The molecule has 3 aliphatic rings. The number of allylic oxidation sites excluding steroid dienone is 1. The minimum Gasteiger partial charge on any atom is -0.348 e. The molecule has 3 heterocycles. The Labute approximate surface area is 243 Å². The van der Waals surface area contributed by atoms with Gasteiger partial charge >= 0.3 is 0 Å². The van der Waals surface area contributed by atoms with Crippen LogP contribution in [0.15, 0.2) is 76.7 Å². The first-order chi connectivity index (χ1) is 18.7. The van der Waals surface area contributed by atoms with Crippen molar-refractivity contribution in [1.29, 1.82) is 0 Å². The number of likely N-dealkylation sites (N-methyl/N-ethyl adjacent to an activating group) is 1. The lowest BCUT2D eigenvalue weighted by Crippen LogP contribution is -2.47. The number of hydrogen-bond acceptors (Lipinski definition) is 4. The van der Waals surface area contributed by atoms with Crippen LogP contribution >= 0.6 is 15.9 Å². The fourth-order valence-corrected chi connectivity index (χ4v) is 6.02. The van der Waals surface area contributed by atoms with E-state index < -0.39 is 0 Å². The number of nitrogens with zero attached hydrogens (tertiary/aromatic N) is 4. The van der Waals surface area contributed by atoms with Gasteiger partial charge in [0.05, 0.1) is 6.04 Å². The maximum atomic E-state index is 12.4. The predicted molar refractivity (Wildman–Crippen MR) is 166 cm³/mol. The fourth-order valence-electron chi connectivity index (χ4n) is 5.57. The number of likely N-dealkylation sites (tertiary alicyclic amines) is 1. The third kappa shape index (κ3) is 7.09. The van der Waals surface area contributed by atoms with E-state index in [1.807, 2.05) is 17.2 Å². The first kappa shape index (κ1) is 29.3. The van der Waals surface area contributed by atoms with E-state index in [2.05, 4.69) is 103 Å². The second-order valence-corrected chi connectivity index (χ2v) is 11.8. The maximum absolute atomic E-state index is 12.4. The zero-order valence-corrected chi connectivity index (χ0v) is 25.8. The molecule has 1 atom stereocenters. The molecule has 0 radical (unpaired) electrons. The van der Waals surface area contributed by atoms with Gasteiger partial charge < -0.3 is 9.80 Å². The minimum absolute atomic E-state index is 0.0386. The first-order valence-electron chi connectivity index (χ1n) is 14.2. The molecule has 0 bridgehead atoms. The molecule has 0 spiro atoms. The summed E-state index contributed by atoms with van der Waals surface area (Å²) in [5.74, 6) is 0.824. The number of carbonyl (C=O) groups excluding carboxylic acids is 1. The average molecular weight is 592 g/mol. The number of amides is 1. The largest absolute Gasteiger partial charge is 0.348 e. The molecule has 1 unspecified atom stereocenters. The van der Waals surface area contributed by atoms with E-state index in [4.69, 9.17) is 0 Å². The number of aryl methyl sites for hydroxylation is 2. The van der Waals surface area contributed by atoms with Crippen LogP contribution in [0.25, 0.3) is 0 Å². The van der Waals surface area contributed by atoms with Crippen LogP contribution in [-0.2, 0) is 4.79 Å². The molecule has 1 aliphatic carbocycles. The second kappa shape index (κ2) is 13.1. The molecule has 1 aromatic heterocycles. The smallest absolute Gasteiger partial charge is 0.246 e. The summed E-state index contributed by atoms with van der Waals surface area (Å²) in [6.07, 6.45) is 11.3. The SMILES string of the molecule is C=CC(=O)N1CC/C(=C\CC)C2=C(N(C)c3ccc(C4CC4)cc3)CCN(C)C2C1.Cc1cnc(Br)cc1C. The van der Waals surface area contributed by atoms with Crippen molar-refractivity contribution < 1.29 is 4.79 Å². The van der Waals surface area contributed by atoms with Crippen molar-refractivity contribution in [3.8, 4) is 0 Å². The van der Waals surface area contributed by atoms with Crippen LogP contribution in [0.1, 0.15) is 61.6 Å². The highest BCUT2D eigenvalue weighted by Gasteiger charge is 2.35. The zero-order valence-electron chi connectivity index (χ0n) is 24.2. The van der Waals surface area contributed by atoms with Crippen LogP contribution < -0.4 is 4.90 Å². The molecule has 5 nitrogen and oxygen atoms in total. The number of anilines is 1. The van der Waals surface area contributed by atoms with Gasteiger partial charge in [-0.2, -0.15) is 0 Å². The van der Waals surface area contributed by atoms with Crippen molar-refractivity contribution in [3.63, 3.8) is 0 Å². The van der Waals surface area contributed by atoms with Gasteiger partial charge in [-0.05, 0) is 121 Å². The van der Waals surface area contributed by atoms with Crippen LogP contribution in [0.4, 0.5) is 5.69 Å². The maximum Gasteiger partial charge on any atom is 0.246 e. The van der Waals surface area contributed by atoms with Crippen molar-refractivity contribution in [2.45, 2.75) is 64.8 Å². The topological polar surface area (TPSA) is 39.7 Å². The Hall–Kier alpha value is -2.70. The van der Waals surface area contributed by atoms with Gasteiger partial charge in [0.2, 0.25) is 5.91 Å². The predicted octanol–water partition coefficient (Wildman–Crippen LogP) is 7.17. The highest BCUT2D eigenvalue weighted by molar-refractivity contribution is 9.10. The lowest BCUT2D eigenvalue weighted by molar-refractivity contribution is -0.126. The number of fused-ring (bicyclic) bond motifs is 1. The van der Waals surface area contributed by atoms with Gasteiger partial charge in [0.25, 0.3) is 0 Å². The zero-order chi connectivity index (χ0) is 28.1. The third-order valence-corrected chi connectivity index (χ3v) is 8.71. The van der Waals surface area contributed by atoms with Gasteiger partial charge in [0, 0.05) is 50.7 Å². The molecule has 2 aliphatic heterocycles. The van der Waals surface area contributed by atoms with E-state index in [1.54, 1.807) is 0 Å². The lowest BCUT2D eigenvalue weighted by Gasteiger charge is -2.40. The van der Waals surface area contributed by atoms with Gasteiger partial charge in [-0.15, -0.1) is 0 Å². The van der Waals surface area contributed by atoms with Crippen LogP contribution in [0.3, 0.4) is 0 Å². The molecule has 2 aromatic rings. The molecule has 1 saturated carbocycles. The Kier molecular flexibility index (Phi) is 9.84. The summed E-state index contributed by atoms with van der Waals surface area (Å²) in [4.78, 5) is 23.3. The Balaban J connectivity index is 0.000000333. The first-order valence-corrected chi connectivity index (χ1v) is 15.0. The summed E-state index contributed by atoms with van der Waals surface area (Å²) in [6, 6.07) is 11.4. The van der Waals surface area contributed by atoms with Gasteiger partial charge in [0.15, 0.2) is 0 Å². The average Bonchev–Trinajstić information content (AvgIpc) is 3.79. The quantitative estimate of drug-likeness (QED) is 0.273. The highest BCUT2D eigenvalue weighted by Crippen LogP contribution is 2.41. The number of pyridine rings is 1. The summed E-state index contributed by atoms with van der Waals surface area (Å²) in [5, 5.41) is 0. The minimum atomic E-state index is 0.0386. The summed E-state index contributed by atoms with van der Waals surface area (Å²) < 4.78 is 0.908. The molecule has 6 heteroatoms.